The fourth-order valence-electron chi connectivity index (χ4n) is 1.49. The number of thiazole rings is 1. The maximum absolute atomic E-state index is 12.9. The van der Waals surface area contributed by atoms with Crippen molar-refractivity contribution in [2.24, 2.45) is 0 Å². The van der Waals surface area contributed by atoms with E-state index in [1.165, 1.54) is 29.5 Å². The summed E-state index contributed by atoms with van der Waals surface area (Å²) in [5.41, 5.74) is 1.57. The number of carbonyl (C=O) groups is 1. The van der Waals surface area contributed by atoms with E-state index in [1.807, 2.05) is 6.92 Å². The Morgan fingerprint density at radius 3 is 2.69 bits per heavy atom. The number of hydrogen-bond acceptors (Lipinski definition) is 3. The first-order chi connectivity index (χ1) is 7.58. The zero-order chi connectivity index (χ0) is 11.7. The minimum atomic E-state index is -0.330. The number of nitrogens with zero attached hydrogens (tertiary/aromatic N) is 1. The molecule has 0 aliphatic heterocycles. The first kappa shape index (κ1) is 11.0. The molecule has 82 valence electrons. The second kappa shape index (κ2) is 4.14. The van der Waals surface area contributed by atoms with Crippen LogP contribution in [-0.4, -0.2) is 10.8 Å². The predicted octanol–water partition coefficient (Wildman–Crippen LogP) is 3.13. The molecule has 0 atom stereocenters. The molecule has 16 heavy (non-hydrogen) atoms. The van der Waals surface area contributed by atoms with Gasteiger partial charge in [-0.15, -0.1) is 11.3 Å². The third-order valence-corrected chi connectivity index (χ3v) is 3.06. The summed E-state index contributed by atoms with van der Waals surface area (Å²) in [6, 6.07) is 4.15. The van der Waals surface area contributed by atoms with Gasteiger partial charge in [-0.05, 0) is 37.6 Å². The minimum absolute atomic E-state index is 0.151. The number of aryl methyl sites for hydroxylation is 2. The Morgan fingerprint density at radius 2 is 2.12 bits per heavy atom. The van der Waals surface area contributed by atoms with Crippen molar-refractivity contribution < 1.29 is 9.18 Å². The van der Waals surface area contributed by atoms with Crippen LogP contribution in [0, 0.1) is 19.7 Å². The van der Waals surface area contributed by atoms with Crippen molar-refractivity contribution in [3.8, 4) is 0 Å². The predicted molar refractivity (Wildman–Crippen MR) is 61.4 cm³/mol. The van der Waals surface area contributed by atoms with Gasteiger partial charge in [-0.3, -0.25) is 4.79 Å². The van der Waals surface area contributed by atoms with Crippen LogP contribution in [0.3, 0.4) is 0 Å². The Kier molecular flexibility index (Phi) is 2.83. The van der Waals surface area contributed by atoms with Gasteiger partial charge in [0.05, 0.1) is 5.01 Å². The lowest BCUT2D eigenvalue weighted by Gasteiger charge is -2.02. The summed E-state index contributed by atoms with van der Waals surface area (Å²) in [6.45, 7) is 3.56. The quantitative estimate of drug-likeness (QED) is 0.748. The first-order valence-electron chi connectivity index (χ1n) is 4.81. The lowest BCUT2D eigenvalue weighted by molar-refractivity contribution is 0.103. The maximum Gasteiger partial charge on any atom is 0.212 e. The maximum atomic E-state index is 12.9. The van der Waals surface area contributed by atoms with Crippen molar-refractivity contribution in [1.29, 1.82) is 0 Å². The lowest BCUT2D eigenvalue weighted by Crippen LogP contribution is -2.04. The zero-order valence-corrected chi connectivity index (χ0v) is 9.77. The monoisotopic (exact) mass is 235 g/mol. The molecular formula is C12H10FNOS. The van der Waals surface area contributed by atoms with Crippen molar-refractivity contribution in [3.63, 3.8) is 0 Å². The number of rotatable bonds is 2. The first-order valence-corrected chi connectivity index (χ1v) is 5.69. The molecule has 0 fully saturated rings. The van der Waals surface area contributed by atoms with E-state index in [0.29, 0.717) is 16.8 Å². The van der Waals surface area contributed by atoms with Crippen molar-refractivity contribution in [3.05, 3.63) is 51.2 Å². The number of halogens is 1. The molecule has 1 heterocycles. The second-order valence-corrected chi connectivity index (χ2v) is 4.60. The van der Waals surface area contributed by atoms with E-state index in [2.05, 4.69) is 4.98 Å². The number of benzene rings is 1. The van der Waals surface area contributed by atoms with Crippen molar-refractivity contribution in [2.45, 2.75) is 13.8 Å². The van der Waals surface area contributed by atoms with Gasteiger partial charge in [-0.2, -0.15) is 0 Å². The van der Waals surface area contributed by atoms with E-state index >= 15 is 0 Å². The molecule has 2 nitrogen and oxygen atoms in total. The molecule has 0 saturated carbocycles. The summed E-state index contributed by atoms with van der Waals surface area (Å²) in [6.07, 6.45) is 0. The molecule has 0 aliphatic rings. The highest BCUT2D eigenvalue weighted by Crippen LogP contribution is 2.17. The average molecular weight is 235 g/mol. The van der Waals surface area contributed by atoms with E-state index in [0.717, 1.165) is 5.01 Å². The molecule has 2 rings (SSSR count). The molecule has 0 radical (unpaired) electrons. The molecule has 1 aromatic carbocycles. The molecule has 1 aromatic heterocycles. The van der Waals surface area contributed by atoms with Crippen LogP contribution < -0.4 is 0 Å². The van der Waals surface area contributed by atoms with Crippen LogP contribution >= 0.6 is 11.3 Å². The van der Waals surface area contributed by atoms with E-state index in [4.69, 9.17) is 0 Å². The van der Waals surface area contributed by atoms with Crippen LogP contribution in [0.5, 0.6) is 0 Å². The largest absolute Gasteiger partial charge is 0.287 e. The highest BCUT2D eigenvalue weighted by Gasteiger charge is 2.14. The Labute approximate surface area is 96.8 Å². The van der Waals surface area contributed by atoms with Crippen LogP contribution in [0.1, 0.15) is 26.6 Å². The fraction of sp³-hybridized carbons (Fsp3) is 0.167. The normalized spacial score (nSPS) is 10.4. The average Bonchev–Trinajstić information content (AvgIpc) is 2.64. The Hall–Kier alpha value is -1.55. The van der Waals surface area contributed by atoms with Crippen molar-refractivity contribution in [1.82, 2.24) is 4.98 Å². The Morgan fingerprint density at radius 1 is 1.38 bits per heavy atom. The zero-order valence-electron chi connectivity index (χ0n) is 8.95. The SMILES string of the molecule is Cc1nc(C(=O)c2ccc(F)cc2C)cs1. The standard InChI is InChI=1S/C12H10FNOS/c1-7-5-9(13)3-4-10(7)12(15)11-6-16-8(2)14-11/h3-6H,1-2H3. The van der Waals surface area contributed by atoms with Gasteiger partial charge in [0.25, 0.3) is 0 Å². The summed E-state index contributed by atoms with van der Waals surface area (Å²) in [4.78, 5) is 16.1. The van der Waals surface area contributed by atoms with E-state index in [-0.39, 0.29) is 11.6 Å². The van der Waals surface area contributed by atoms with Gasteiger partial charge in [-0.25, -0.2) is 9.37 Å². The Bertz CT molecular complexity index is 548. The van der Waals surface area contributed by atoms with Crippen molar-refractivity contribution in [2.75, 3.05) is 0 Å². The molecule has 4 heteroatoms. The van der Waals surface area contributed by atoms with Gasteiger partial charge in [0.2, 0.25) is 5.78 Å². The molecule has 2 aromatic rings. The third-order valence-electron chi connectivity index (χ3n) is 2.28. The van der Waals surface area contributed by atoms with Crippen molar-refractivity contribution >= 4 is 17.1 Å². The highest BCUT2D eigenvalue weighted by atomic mass is 32.1. The topological polar surface area (TPSA) is 30.0 Å². The van der Waals surface area contributed by atoms with E-state index in [1.54, 1.807) is 12.3 Å². The molecule has 0 spiro atoms. The number of hydrogen-bond donors (Lipinski definition) is 0. The van der Waals surface area contributed by atoms with Gasteiger partial charge in [-0.1, -0.05) is 0 Å². The number of ketones is 1. The summed E-state index contributed by atoms with van der Waals surface area (Å²) in [5.74, 6) is -0.481. The van der Waals surface area contributed by atoms with Gasteiger partial charge in [0.15, 0.2) is 0 Å². The van der Waals surface area contributed by atoms with Gasteiger partial charge < -0.3 is 0 Å². The molecule has 0 bridgehead atoms. The van der Waals surface area contributed by atoms with Gasteiger partial charge >= 0.3 is 0 Å². The van der Waals surface area contributed by atoms with Crippen LogP contribution in [0.25, 0.3) is 0 Å². The highest BCUT2D eigenvalue weighted by molar-refractivity contribution is 7.09. The van der Waals surface area contributed by atoms with Gasteiger partial charge in [0.1, 0.15) is 11.5 Å². The third kappa shape index (κ3) is 2.02. The summed E-state index contributed by atoms with van der Waals surface area (Å²) in [7, 11) is 0. The van der Waals surface area contributed by atoms with E-state index in [9.17, 15) is 9.18 Å². The summed E-state index contributed by atoms with van der Waals surface area (Å²) in [5, 5.41) is 2.57. The molecular weight excluding hydrogens is 225 g/mol. The van der Waals surface area contributed by atoms with Crippen LogP contribution in [0.4, 0.5) is 4.39 Å². The van der Waals surface area contributed by atoms with Crippen LogP contribution in [0.15, 0.2) is 23.6 Å². The lowest BCUT2D eigenvalue weighted by atomic mass is 10.0. The van der Waals surface area contributed by atoms with Gasteiger partial charge in [0, 0.05) is 10.9 Å². The number of carbonyl (C=O) groups excluding carboxylic acids is 1. The molecule has 0 aliphatic carbocycles. The summed E-state index contributed by atoms with van der Waals surface area (Å²) < 4.78 is 12.9. The second-order valence-electron chi connectivity index (χ2n) is 3.54. The smallest absolute Gasteiger partial charge is 0.212 e. The van der Waals surface area contributed by atoms with Crippen LogP contribution in [-0.2, 0) is 0 Å². The Balaban J connectivity index is 2.41. The molecule has 0 unspecified atom stereocenters. The van der Waals surface area contributed by atoms with E-state index < -0.39 is 0 Å². The molecule has 0 N–H and O–H groups in total. The van der Waals surface area contributed by atoms with Crippen LogP contribution in [0.2, 0.25) is 0 Å². The number of aromatic nitrogens is 1. The fourth-order valence-corrected chi connectivity index (χ4v) is 2.08. The molecule has 0 saturated heterocycles. The summed E-state index contributed by atoms with van der Waals surface area (Å²) >= 11 is 1.43. The molecule has 0 amide bonds. The minimum Gasteiger partial charge on any atom is -0.287 e.